The van der Waals surface area contributed by atoms with Crippen molar-refractivity contribution in [2.75, 3.05) is 19.8 Å². The number of hydrogen-bond acceptors (Lipinski definition) is 5. The fourth-order valence-electron chi connectivity index (χ4n) is 7.60. The van der Waals surface area contributed by atoms with Crippen LogP contribution in [-0.4, -0.2) is 37.9 Å². The van der Waals surface area contributed by atoms with Crippen molar-refractivity contribution in [3.8, 4) is 0 Å². The van der Waals surface area contributed by atoms with Gasteiger partial charge in [0.25, 0.3) is 0 Å². The van der Waals surface area contributed by atoms with E-state index in [0.717, 1.165) is 116 Å². The Morgan fingerprint density at radius 2 is 0.662 bits per heavy atom. The fraction of sp³-hybridized carbons (Fsp3) is 0.683. The Balaban J connectivity index is 4.35. The summed E-state index contributed by atoms with van der Waals surface area (Å²) >= 11 is 0. The first-order valence-electron chi connectivity index (χ1n) is 28.4. The molecule has 5 nitrogen and oxygen atoms in total. The van der Waals surface area contributed by atoms with Gasteiger partial charge in [0, 0.05) is 19.4 Å². The average molecular weight is 944 g/mol. The molecule has 0 aromatic carbocycles. The van der Waals surface area contributed by atoms with Crippen molar-refractivity contribution in [1.82, 2.24) is 0 Å². The van der Waals surface area contributed by atoms with Crippen LogP contribution in [0.25, 0.3) is 0 Å². The number of rotatable bonds is 51. The van der Waals surface area contributed by atoms with Gasteiger partial charge in [-0.25, -0.2) is 0 Å². The number of unbranched alkanes of at least 4 members (excludes halogenated alkanes) is 22. The maximum atomic E-state index is 12.8. The summed E-state index contributed by atoms with van der Waals surface area (Å²) in [4.78, 5) is 25.5. The quantitative estimate of drug-likeness (QED) is 0.0345. The van der Waals surface area contributed by atoms with Crippen LogP contribution in [0.4, 0.5) is 0 Å². The monoisotopic (exact) mass is 943 g/mol. The van der Waals surface area contributed by atoms with E-state index >= 15 is 0 Å². The second kappa shape index (κ2) is 57.9. The van der Waals surface area contributed by atoms with E-state index in [-0.39, 0.29) is 25.2 Å². The van der Waals surface area contributed by atoms with Gasteiger partial charge >= 0.3 is 11.9 Å². The highest BCUT2D eigenvalue weighted by Gasteiger charge is 2.17. The lowest BCUT2D eigenvalue weighted by Crippen LogP contribution is -2.30. The zero-order valence-electron chi connectivity index (χ0n) is 44.6. The van der Waals surface area contributed by atoms with E-state index in [2.05, 4.69) is 130 Å². The molecule has 0 N–H and O–H groups in total. The molecule has 0 heterocycles. The molecule has 0 bridgehead atoms. The molecule has 1 atom stereocenters. The third kappa shape index (κ3) is 55.2. The van der Waals surface area contributed by atoms with Crippen LogP contribution in [0.5, 0.6) is 0 Å². The third-order valence-corrected chi connectivity index (χ3v) is 11.8. The predicted octanol–water partition coefficient (Wildman–Crippen LogP) is 19.6. The smallest absolute Gasteiger partial charge is 0.306 e. The van der Waals surface area contributed by atoms with Gasteiger partial charge in [-0.1, -0.05) is 226 Å². The van der Waals surface area contributed by atoms with Crippen LogP contribution >= 0.6 is 0 Å². The van der Waals surface area contributed by atoms with Gasteiger partial charge in [-0.3, -0.25) is 9.59 Å². The zero-order valence-corrected chi connectivity index (χ0v) is 44.6. The van der Waals surface area contributed by atoms with Gasteiger partial charge in [0.15, 0.2) is 6.10 Å². The summed E-state index contributed by atoms with van der Waals surface area (Å²) in [5, 5.41) is 0. The van der Waals surface area contributed by atoms with E-state index in [1.807, 2.05) is 0 Å². The average Bonchev–Trinajstić information content (AvgIpc) is 3.34. The van der Waals surface area contributed by atoms with Gasteiger partial charge in [0.2, 0.25) is 0 Å². The highest BCUT2D eigenvalue weighted by Crippen LogP contribution is 2.14. The summed E-state index contributed by atoms with van der Waals surface area (Å²) in [6.07, 6.45) is 79.6. The topological polar surface area (TPSA) is 61.8 Å². The molecule has 0 radical (unpaired) electrons. The number of hydrogen-bond donors (Lipinski definition) is 0. The van der Waals surface area contributed by atoms with Crippen LogP contribution in [-0.2, 0) is 23.8 Å². The van der Waals surface area contributed by atoms with E-state index in [1.54, 1.807) is 0 Å². The maximum Gasteiger partial charge on any atom is 0.306 e. The molecule has 0 amide bonds. The molecular weight excluding hydrogens is 837 g/mol. The molecule has 0 rings (SSSR count). The van der Waals surface area contributed by atoms with Crippen LogP contribution in [0.3, 0.4) is 0 Å². The Kier molecular flexibility index (Phi) is 54.9. The molecule has 1 unspecified atom stereocenters. The van der Waals surface area contributed by atoms with Crippen molar-refractivity contribution in [3.05, 3.63) is 109 Å². The number of allylic oxidation sites excluding steroid dienone is 18. The van der Waals surface area contributed by atoms with E-state index in [1.165, 1.54) is 103 Å². The molecule has 0 aliphatic heterocycles. The van der Waals surface area contributed by atoms with Gasteiger partial charge in [0.1, 0.15) is 6.61 Å². The fourth-order valence-corrected chi connectivity index (χ4v) is 7.60. The van der Waals surface area contributed by atoms with Crippen molar-refractivity contribution >= 4 is 11.9 Å². The first kappa shape index (κ1) is 64.6. The number of esters is 2. The Labute approximate surface area is 421 Å². The van der Waals surface area contributed by atoms with Crippen LogP contribution in [0, 0.1) is 0 Å². The molecule has 0 aliphatic rings. The van der Waals surface area contributed by atoms with Crippen molar-refractivity contribution in [2.24, 2.45) is 0 Å². The summed E-state index contributed by atoms with van der Waals surface area (Å²) in [5.74, 6) is -0.433. The second-order valence-electron chi connectivity index (χ2n) is 18.4. The molecule has 0 fully saturated rings. The molecule has 0 saturated heterocycles. The van der Waals surface area contributed by atoms with Crippen LogP contribution < -0.4 is 0 Å². The first-order valence-corrected chi connectivity index (χ1v) is 28.4. The van der Waals surface area contributed by atoms with Crippen LogP contribution in [0.2, 0.25) is 0 Å². The zero-order chi connectivity index (χ0) is 49.2. The van der Waals surface area contributed by atoms with Crippen molar-refractivity contribution in [2.45, 2.75) is 258 Å². The molecule has 0 saturated carbocycles. The number of carbonyl (C=O) groups is 2. The molecule has 0 spiro atoms. The van der Waals surface area contributed by atoms with Gasteiger partial charge in [-0.05, 0) is 122 Å². The van der Waals surface area contributed by atoms with Crippen molar-refractivity contribution in [3.63, 3.8) is 0 Å². The normalized spacial score (nSPS) is 13.0. The summed E-state index contributed by atoms with van der Waals surface area (Å²) < 4.78 is 17.4. The van der Waals surface area contributed by atoms with Crippen molar-refractivity contribution in [1.29, 1.82) is 0 Å². The minimum absolute atomic E-state index is 0.0626. The maximum absolute atomic E-state index is 12.8. The summed E-state index contributed by atoms with van der Waals surface area (Å²) in [6.45, 7) is 7.52. The van der Waals surface area contributed by atoms with Gasteiger partial charge in [-0.15, -0.1) is 0 Å². The molecule has 0 aliphatic carbocycles. The van der Waals surface area contributed by atoms with E-state index in [9.17, 15) is 9.59 Å². The highest BCUT2D eigenvalue weighted by molar-refractivity contribution is 5.70. The lowest BCUT2D eigenvalue weighted by atomic mass is 10.1. The minimum atomic E-state index is -0.565. The Hall–Kier alpha value is -3.44. The largest absolute Gasteiger partial charge is 0.462 e. The molecule has 68 heavy (non-hydrogen) atoms. The lowest BCUT2D eigenvalue weighted by Gasteiger charge is -2.18. The van der Waals surface area contributed by atoms with Gasteiger partial charge < -0.3 is 14.2 Å². The van der Waals surface area contributed by atoms with Crippen LogP contribution in [0.1, 0.15) is 252 Å². The predicted molar refractivity (Wildman–Crippen MR) is 297 cm³/mol. The highest BCUT2D eigenvalue weighted by atomic mass is 16.6. The van der Waals surface area contributed by atoms with E-state index in [4.69, 9.17) is 14.2 Å². The number of ether oxygens (including phenoxy) is 3. The van der Waals surface area contributed by atoms with Crippen molar-refractivity contribution < 1.29 is 23.8 Å². The van der Waals surface area contributed by atoms with Gasteiger partial charge in [-0.2, -0.15) is 0 Å². The Bertz CT molecular complexity index is 1340. The Morgan fingerprint density at radius 3 is 1.06 bits per heavy atom. The molecule has 5 heteroatoms. The van der Waals surface area contributed by atoms with Crippen LogP contribution in [0.15, 0.2) is 109 Å². The van der Waals surface area contributed by atoms with Gasteiger partial charge in [0.05, 0.1) is 6.61 Å². The summed E-state index contributed by atoms with van der Waals surface area (Å²) in [6, 6.07) is 0. The SMILES string of the molecule is CC/C=C\C/C=C\C/C=C\C/C=C\CCCCCCCOCC(COC(=O)CCCCCCCCCCC/C=C\C/C=C\CCCCC)OC(=O)CCCCCCC/C=C\C/C=C\C/C=C\CC. The minimum Gasteiger partial charge on any atom is -0.462 e. The molecule has 0 aromatic rings. The second-order valence-corrected chi connectivity index (χ2v) is 18.4. The molecular formula is C63H106O5. The summed E-state index contributed by atoms with van der Waals surface area (Å²) in [7, 11) is 0. The molecule has 388 valence electrons. The lowest BCUT2D eigenvalue weighted by molar-refractivity contribution is -0.163. The summed E-state index contributed by atoms with van der Waals surface area (Å²) in [5.41, 5.74) is 0. The number of carbonyl (C=O) groups excluding carboxylic acids is 2. The molecule has 0 aromatic heterocycles. The standard InChI is InChI=1S/C63H106O5/c1-4-7-10-13-16-19-22-25-28-30-32-33-36-38-41-44-47-50-53-56-62(64)67-60-61(68-63(65)57-54-51-48-45-42-39-35-27-24-21-18-15-12-9-6-3)59-66-58-55-52-49-46-43-40-37-34-31-29-26-23-20-17-14-11-8-5-2/h8-9,11-12,16-21,25-29,34-35,37,61H,4-7,10,13-15,22-24,30-33,36,38-60H2,1-3H3/b11-8-,12-9-,19-16-,20-17-,21-18-,28-25-,29-26-,35-27-,37-34-. The van der Waals surface area contributed by atoms with E-state index < -0.39 is 6.10 Å². The third-order valence-electron chi connectivity index (χ3n) is 11.8. The Morgan fingerprint density at radius 1 is 0.338 bits per heavy atom. The first-order chi connectivity index (χ1) is 33.6. The van der Waals surface area contributed by atoms with E-state index in [0.29, 0.717) is 19.4 Å².